The van der Waals surface area contributed by atoms with Crippen LogP contribution in [-0.2, 0) is 22.4 Å². The lowest BCUT2D eigenvalue weighted by atomic mass is 10.0. The standard InChI is InChI=1S/C22H26N2O3/c1-4-15-9-8-10-16(5-2)21(15)23-22(26)17-13-20(25)24(14-17)18-11-6-7-12-19(18)27-3/h6-12,17H,4-5,13-14H2,1-3H3,(H,23,26). The Morgan fingerprint density at radius 1 is 1.11 bits per heavy atom. The third kappa shape index (κ3) is 3.82. The van der Waals surface area contributed by atoms with Crippen LogP contribution in [0.2, 0.25) is 0 Å². The summed E-state index contributed by atoms with van der Waals surface area (Å²) in [7, 11) is 1.58. The first-order valence-corrected chi connectivity index (χ1v) is 9.44. The Bertz CT molecular complexity index is 825. The van der Waals surface area contributed by atoms with Gasteiger partial charge in [0.1, 0.15) is 5.75 Å². The van der Waals surface area contributed by atoms with E-state index < -0.39 is 0 Å². The molecule has 1 heterocycles. The minimum atomic E-state index is -0.378. The number of hydrogen-bond donors (Lipinski definition) is 1. The second-order valence-corrected chi connectivity index (χ2v) is 6.72. The zero-order valence-electron chi connectivity index (χ0n) is 16.1. The Morgan fingerprint density at radius 3 is 2.41 bits per heavy atom. The second-order valence-electron chi connectivity index (χ2n) is 6.72. The quantitative estimate of drug-likeness (QED) is 0.846. The average molecular weight is 366 g/mol. The van der Waals surface area contributed by atoms with Gasteiger partial charge in [-0.3, -0.25) is 9.59 Å². The number of ether oxygens (including phenoxy) is 1. The minimum Gasteiger partial charge on any atom is -0.495 e. The predicted molar refractivity (Wildman–Crippen MR) is 107 cm³/mol. The van der Waals surface area contributed by atoms with Crippen molar-refractivity contribution in [2.75, 3.05) is 23.9 Å². The third-order valence-corrected chi connectivity index (χ3v) is 5.12. The molecule has 27 heavy (non-hydrogen) atoms. The number of para-hydroxylation sites is 3. The first-order chi connectivity index (χ1) is 13.1. The van der Waals surface area contributed by atoms with Crippen molar-refractivity contribution in [1.82, 2.24) is 0 Å². The topological polar surface area (TPSA) is 58.6 Å². The van der Waals surface area contributed by atoms with Crippen LogP contribution < -0.4 is 15.0 Å². The molecule has 1 N–H and O–H groups in total. The van der Waals surface area contributed by atoms with Crippen LogP contribution in [0.3, 0.4) is 0 Å². The van der Waals surface area contributed by atoms with E-state index in [2.05, 4.69) is 19.2 Å². The molecule has 1 saturated heterocycles. The van der Waals surface area contributed by atoms with Crippen molar-refractivity contribution in [3.63, 3.8) is 0 Å². The molecule has 5 heteroatoms. The van der Waals surface area contributed by atoms with Crippen LogP contribution in [0, 0.1) is 5.92 Å². The van der Waals surface area contributed by atoms with Gasteiger partial charge in [-0.15, -0.1) is 0 Å². The fourth-order valence-corrected chi connectivity index (χ4v) is 3.60. The maximum absolute atomic E-state index is 12.9. The number of anilines is 2. The van der Waals surface area contributed by atoms with E-state index in [4.69, 9.17) is 4.74 Å². The number of hydrogen-bond acceptors (Lipinski definition) is 3. The minimum absolute atomic E-state index is 0.0564. The van der Waals surface area contributed by atoms with E-state index in [1.165, 1.54) is 0 Å². The molecule has 0 aliphatic carbocycles. The Labute approximate surface area is 160 Å². The van der Waals surface area contributed by atoms with Crippen LogP contribution in [0.1, 0.15) is 31.4 Å². The maximum atomic E-state index is 12.9. The molecule has 0 bridgehead atoms. The summed E-state index contributed by atoms with van der Waals surface area (Å²) in [5.41, 5.74) is 3.85. The third-order valence-electron chi connectivity index (χ3n) is 5.12. The highest BCUT2D eigenvalue weighted by Crippen LogP contribution is 2.33. The number of nitrogens with one attached hydrogen (secondary N) is 1. The van der Waals surface area contributed by atoms with Crippen molar-refractivity contribution in [2.24, 2.45) is 5.92 Å². The normalized spacial score (nSPS) is 16.5. The summed E-state index contributed by atoms with van der Waals surface area (Å²) < 4.78 is 5.36. The molecule has 2 aromatic rings. The molecular formula is C22H26N2O3. The lowest BCUT2D eigenvalue weighted by molar-refractivity contribution is -0.122. The summed E-state index contributed by atoms with van der Waals surface area (Å²) in [6.45, 7) is 4.51. The Hall–Kier alpha value is -2.82. The van der Waals surface area contributed by atoms with E-state index in [0.29, 0.717) is 18.0 Å². The largest absolute Gasteiger partial charge is 0.495 e. The van der Waals surface area contributed by atoms with Crippen molar-refractivity contribution in [3.05, 3.63) is 53.6 Å². The summed E-state index contributed by atoms with van der Waals surface area (Å²) in [5, 5.41) is 3.10. The van der Waals surface area contributed by atoms with Crippen LogP contribution in [0.25, 0.3) is 0 Å². The Kier molecular flexibility index (Phi) is 5.79. The number of methoxy groups -OCH3 is 1. The van der Waals surface area contributed by atoms with Crippen LogP contribution in [0.5, 0.6) is 5.75 Å². The maximum Gasteiger partial charge on any atom is 0.229 e. The summed E-state index contributed by atoms with van der Waals surface area (Å²) in [6.07, 6.45) is 1.90. The highest BCUT2D eigenvalue weighted by atomic mass is 16.5. The molecule has 0 spiro atoms. The second kappa shape index (κ2) is 8.25. The van der Waals surface area contributed by atoms with Gasteiger partial charge in [-0.25, -0.2) is 0 Å². The van der Waals surface area contributed by atoms with Crippen molar-refractivity contribution in [3.8, 4) is 5.75 Å². The number of carbonyl (C=O) groups excluding carboxylic acids is 2. The first kappa shape index (κ1) is 19.0. The van der Waals surface area contributed by atoms with Crippen LogP contribution in [-0.4, -0.2) is 25.5 Å². The highest BCUT2D eigenvalue weighted by Gasteiger charge is 2.36. The molecule has 5 nitrogen and oxygen atoms in total. The number of carbonyl (C=O) groups is 2. The van der Waals surface area contributed by atoms with Crippen LogP contribution in [0.4, 0.5) is 11.4 Å². The zero-order valence-corrected chi connectivity index (χ0v) is 16.1. The SMILES string of the molecule is CCc1cccc(CC)c1NC(=O)C1CC(=O)N(c2ccccc2OC)C1. The predicted octanol–water partition coefficient (Wildman–Crippen LogP) is 3.81. The van der Waals surface area contributed by atoms with Crippen molar-refractivity contribution in [2.45, 2.75) is 33.1 Å². The molecule has 0 radical (unpaired) electrons. The van der Waals surface area contributed by atoms with Gasteiger partial charge >= 0.3 is 0 Å². The van der Waals surface area contributed by atoms with Gasteiger partial charge in [-0.05, 0) is 36.1 Å². The van der Waals surface area contributed by atoms with Gasteiger partial charge in [0.15, 0.2) is 0 Å². The molecule has 0 aromatic heterocycles. The highest BCUT2D eigenvalue weighted by molar-refractivity contribution is 6.04. The molecular weight excluding hydrogens is 340 g/mol. The number of aryl methyl sites for hydroxylation is 2. The van der Waals surface area contributed by atoms with Gasteiger partial charge in [0.2, 0.25) is 11.8 Å². The number of benzene rings is 2. The van der Waals surface area contributed by atoms with Gasteiger partial charge < -0.3 is 15.0 Å². The molecule has 142 valence electrons. The molecule has 1 aliphatic rings. The summed E-state index contributed by atoms with van der Waals surface area (Å²) >= 11 is 0. The monoisotopic (exact) mass is 366 g/mol. The molecule has 2 aromatic carbocycles. The number of rotatable bonds is 6. The molecule has 3 rings (SSSR count). The Balaban J connectivity index is 1.79. The van der Waals surface area contributed by atoms with Gasteiger partial charge in [0.25, 0.3) is 0 Å². The number of nitrogens with zero attached hydrogens (tertiary/aromatic N) is 1. The van der Waals surface area contributed by atoms with Crippen LogP contribution in [0.15, 0.2) is 42.5 Å². The smallest absolute Gasteiger partial charge is 0.229 e. The average Bonchev–Trinajstić information content (AvgIpc) is 3.09. The van der Waals surface area contributed by atoms with Gasteiger partial charge in [0.05, 0.1) is 18.7 Å². The molecule has 1 fully saturated rings. The molecule has 1 unspecified atom stereocenters. The Morgan fingerprint density at radius 2 is 1.78 bits per heavy atom. The van der Waals surface area contributed by atoms with E-state index in [1.54, 1.807) is 12.0 Å². The zero-order chi connectivity index (χ0) is 19.4. The van der Waals surface area contributed by atoms with E-state index in [-0.39, 0.29) is 24.2 Å². The van der Waals surface area contributed by atoms with E-state index in [1.807, 2.05) is 42.5 Å². The summed E-state index contributed by atoms with van der Waals surface area (Å²) in [6, 6.07) is 13.5. The molecule has 0 saturated carbocycles. The fourth-order valence-electron chi connectivity index (χ4n) is 3.60. The number of amides is 2. The van der Waals surface area contributed by atoms with E-state index in [0.717, 1.165) is 29.7 Å². The molecule has 1 aliphatic heterocycles. The molecule has 1 atom stereocenters. The van der Waals surface area contributed by atoms with Gasteiger partial charge in [-0.1, -0.05) is 44.2 Å². The van der Waals surface area contributed by atoms with Crippen LogP contribution >= 0.6 is 0 Å². The molecule has 2 amide bonds. The van der Waals surface area contributed by atoms with E-state index in [9.17, 15) is 9.59 Å². The first-order valence-electron chi connectivity index (χ1n) is 9.44. The lowest BCUT2D eigenvalue weighted by Gasteiger charge is -2.20. The van der Waals surface area contributed by atoms with Crippen molar-refractivity contribution >= 4 is 23.2 Å². The van der Waals surface area contributed by atoms with Crippen molar-refractivity contribution in [1.29, 1.82) is 0 Å². The summed E-state index contributed by atoms with van der Waals surface area (Å²) in [5.74, 6) is 0.101. The summed E-state index contributed by atoms with van der Waals surface area (Å²) in [4.78, 5) is 27.1. The van der Waals surface area contributed by atoms with Gasteiger partial charge in [-0.2, -0.15) is 0 Å². The lowest BCUT2D eigenvalue weighted by Crippen LogP contribution is -2.28. The van der Waals surface area contributed by atoms with Crippen molar-refractivity contribution < 1.29 is 14.3 Å². The fraction of sp³-hybridized carbons (Fsp3) is 0.364. The van der Waals surface area contributed by atoms with Gasteiger partial charge in [0, 0.05) is 18.7 Å². The van der Waals surface area contributed by atoms with E-state index >= 15 is 0 Å².